The first-order valence-corrected chi connectivity index (χ1v) is 7.80. The molecule has 0 bridgehead atoms. The highest BCUT2D eigenvalue weighted by Crippen LogP contribution is 2.35. The Morgan fingerprint density at radius 1 is 1.38 bits per heavy atom. The quantitative estimate of drug-likeness (QED) is 0.641. The van der Waals surface area contributed by atoms with Gasteiger partial charge in [0.1, 0.15) is 11.6 Å². The first-order chi connectivity index (χ1) is 12.1. The van der Waals surface area contributed by atoms with Crippen LogP contribution in [-0.2, 0) is 15.8 Å². The lowest BCUT2D eigenvalue weighted by Crippen LogP contribution is -2.23. The van der Waals surface area contributed by atoms with Gasteiger partial charge in [0.05, 0.1) is 16.9 Å². The van der Waals surface area contributed by atoms with Crippen molar-refractivity contribution in [2.24, 2.45) is 0 Å². The Bertz CT molecular complexity index is 929. The minimum absolute atomic E-state index is 0.0315. The van der Waals surface area contributed by atoms with E-state index in [4.69, 9.17) is 10.4 Å². The van der Waals surface area contributed by atoms with E-state index in [2.05, 4.69) is 4.98 Å². The molecule has 0 atom stereocenters. The summed E-state index contributed by atoms with van der Waals surface area (Å²) in [6, 6.07) is 5.67. The zero-order valence-corrected chi connectivity index (χ0v) is 13.9. The van der Waals surface area contributed by atoms with E-state index in [-0.39, 0.29) is 16.5 Å². The lowest BCUT2D eigenvalue weighted by molar-refractivity contribution is -0.137. The summed E-state index contributed by atoms with van der Waals surface area (Å²) in [5.41, 5.74) is -1.41. The van der Waals surface area contributed by atoms with Gasteiger partial charge in [-0.2, -0.15) is 18.4 Å². The van der Waals surface area contributed by atoms with E-state index in [1.54, 1.807) is 0 Å². The number of benzene rings is 1. The highest BCUT2D eigenvalue weighted by atomic mass is 32.1. The summed E-state index contributed by atoms with van der Waals surface area (Å²) >= 11 is 0.924. The number of nitriles is 1. The summed E-state index contributed by atoms with van der Waals surface area (Å²) in [5.74, 6) is -2.02. The Morgan fingerprint density at radius 2 is 2.08 bits per heavy atom. The van der Waals surface area contributed by atoms with Crippen LogP contribution in [0.25, 0.3) is 6.08 Å². The van der Waals surface area contributed by atoms with Crippen LogP contribution in [0.5, 0.6) is 0 Å². The van der Waals surface area contributed by atoms with Gasteiger partial charge in [-0.15, -0.1) is 11.3 Å². The first-order valence-electron chi connectivity index (χ1n) is 6.92. The second-order valence-corrected chi connectivity index (χ2v) is 5.77. The number of thiazole rings is 1. The number of carbonyl (C=O) groups excluding carboxylic acids is 1. The lowest BCUT2D eigenvalue weighted by atomic mass is 10.2. The molecular weight excluding hydrogens is 371 g/mol. The largest absolute Gasteiger partial charge is 0.477 e. The molecule has 6 nitrogen and oxygen atoms in total. The number of carboxylic acid groups (broad SMARTS) is 1. The van der Waals surface area contributed by atoms with Gasteiger partial charge < -0.3 is 5.11 Å². The zero-order valence-electron chi connectivity index (χ0n) is 13.1. The van der Waals surface area contributed by atoms with Crippen molar-refractivity contribution < 1.29 is 27.9 Å². The molecule has 0 spiro atoms. The summed E-state index contributed by atoms with van der Waals surface area (Å²) in [6.45, 7) is 1.16. The molecule has 1 amide bonds. The van der Waals surface area contributed by atoms with Gasteiger partial charge in [-0.05, 0) is 24.3 Å². The Kier molecular flexibility index (Phi) is 5.42. The van der Waals surface area contributed by atoms with Gasteiger partial charge in [0.15, 0.2) is 5.13 Å². The molecule has 0 saturated heterocycles. The van der Waals surface area contributed by atoms with Crippen LogP contribution in [0, 0.1) is 11.3 Å². The number of hydrogen-bond acceptors (Lipinski definition) is 5. The maximum absolute atomic E-state index is 12.9. The van der Waals surface area contributed by atoms with E-state index in [0.717, 1.165) is 41.4 Å². The van der Waals surface area contributed by atoms with Crippen molar-refractivity contribution in [3.05, 3.63) is 46.5 Å². The molecule has 0 fully saturated rings. The molecule has 134 valence electrons. The second kappa shape index (κ2) is 7.37. The Hall–Kier alpha value is -3.19. The summed E-state index contributed by atoms with van der Waals surface area (Å²) in [7, 11) is 0. The van der Waals surface area contributed by atoms with E-state index in [1.165, 1.54) is 23.6 Å². The predicted octanol–water partition coefficient (Wildman–Crippen LogP) is 3.84. The van der Waals surface area contributed by atoms with Crippen molar-refractivity contribution in [3.8, 4) is 6.07 Å². The SMILES string of the molecule is CC(=O)N(c1cccc(C(F)(F)F)c1)c1nc(C=C(C#N)C(=O)O)cs1. The molecule has 26 heavy (non-hydrogen) atoms. The van der Waals surface area contributed by atoms with E-state index < -0.39 is 29.2 Å². The molecule has 0 aliphatic heterocycles. The molecule has 10 heteroatoms. The van der Waals surface area contributed by atoms with Crippen molar-refractivity contribution in [2.75, 3.05) is 4.90 Å². The Balaban J connectivity index is 2.46. The number of hydrogen-bond donors (Lipinski definition) is 1. The summed E-state index contributed by atoms with van der Waals surface area (Å²) < 4.78 is 38.7. The third kappa shape index (κ3) is 4.25. The molecule has 1 aromatic heterocycles. The second-order valence-electron chi connectivity index (χ2n) is 4.93. The van der Waals surface area contributed by atoms with Gasteiger partial charge in [0, 0.05) is 12.3 Å². The van der Waals surface area contributed by atoms with Crippen LogP contribution in [-0.4, -0.2) is 22.0 Å². The molecule has 1 heterocycles. The first kappa shape index (κ1) is 19.1. The van der Waals surface area contributed by atoms with Gasteiger partial charge in [-0.1, -0.05) is 6.07 Å². The van der Waals surface area contributed by atoms with E-state index >= 15 is 0 Å². The topological polar surface area (TPSA) is 94.3 Å². The molecular formula is C16H10F3N3O3S. The van der Waals surface area contributed by atoms with Crippen molar-refractivity contribution >= 4 is 40.1 Å². The molecule has 0 radical (unpaired) electrons. The van der Waals surface area contributed by atoms with E-state index in [1.807, 2.05) is 0 Å². The predicted molar refractivity (Wildman–Crippen MR) is 87.6 cm³/mol. The number of carboxylic acids is 1. The van der Waals surface area contributed by atoms with Crippen LogP contribution in [0.3, 0.4) is 0 Å². The lowest BCUT2D eigenvalue weighted by Gasteiger charge is -2.19. The van der Waals surface area contributed by atoms with Crippen molar-refractivity contribution in [1.82, 2.24) is 4.98 Å². The number of alkyl halides is 3. The number of amides is 1. The van der Waals surface area contributed by atoms with Gasteiger partial charge in [0.25, 0.3) is 0 Å². The van der Waals surface area contributed by atoms with Crippen LogP contribution in [0.15, 0.2) is 35.2 Å². The maximum atomic E-state index is 12.9. The van der Waals surface area contributed by atoms with Crippen LogP contribution in [0.4, 0.5) is 24.0 Å². The normalized spacial score (nSPS) is 11.7. The third-order valence-corrected chi connectivity index (χ3v) is 3.93. The van der Waals surface area contributed by atoms with Gasteiger partial charge in [-0.25, -0.2) is 9.78 Å². The maximum Gasteiger partial charge on any atom is 0.416 e. The Morgan fingerprint density at radius 3 is 2.62 bits per heavy atom. The minimum atomic E-state index is -4.57. The standard InChI is InChI=1S/C16H10F3N3O3S/c1-9(23)22(13-4-2-3-11(6-13)16(17,18)19)15-21-12(8-26-15)5-10(7-20)14(24)25/h2-6,8H,1H3,(H,24,25). The average Bonchev–Trinajstić information content (AvgIpc) is 2.99. The monoisotopic (exact) mass is 381 g/mol. The molecule has 1 aromatic carbocycles. The molecule has 1 N–H and O–H groups in total. The van der Waals surface area contributed by atoms with E-state index in [0.29, 0.717) is 0 Å². The highest BCUT2D eigenvalue weighted by molar-refractivity contribution is 7.14. The number of aliphatic carboxylic acids is 1. The highest BCUT2D eigenvalue weighted by Gasteiger charge is 2.31. The molecule has 0 saturated carbocycles. The summed E-state index contributed by atoms with van der Waals surface area (Å²) in [4.78, 5) is 27.8. The van der Waals surface area contributed by atoms with Gasteiger partial charge in [0.2, 0.25) is 5.91 Å². The fourth-order valence-corrected chi connectivity index (χ4v) is 2.83. The van der Waals surface area contributed by atoms with Gasteiger partial charge in [-0.3, -0.25) is 9.69 Å². The van der Waals surface area contributed by atoms with Crippen LogP contribution >= 0.6 is 11.3 Å². The zero-order chi connectivity index (χ0) is 19.5. The van der Waals surface area contributed by atoms with Gasteiger partial charge >= 0.3 is 12.1 Å². The minimum Gasteiger partial charge on any atom is -0.477 e. The third-order valence-electron chi connectivity index (χ3n) is 3.09. The Labute approximate surface area is 149 Å². The molecule has 2 aromatic rings. The number of anilines is 2. The molecule has 0 unspecified atom stereocenters. The summed E-state index contributed by atoms with van der Waals surface area (Å²) in [5, 5.41) is 19.0. The smallest absolute Gasteiger partial charge is 0.416 e. The average molecular weight is 381 g/mol. The van der Waals surface area contributed by atoms with Crippen molar-refractivity contribution in [1.29, 1.82) is 5.26 Å². The number of nitrogens with zero attached hydrogens (tertiary/aromatic N) is 3. The number of halogens is 3. The van der Waals surface area contributed by atoms with E-state index in [9.17, 15) is 22.8 Å². The van der Waals surface area contributed by atoms with Crippen LogP contribution < -0.4 is 4.90 Å². The fraction of sp³-hybridized carbons (Fsp3) is 0.125. The number of rotatable bonds is 4. The van der Waals surface area contributed by atoms with Crippen molar-refractivity contribution in [2.45, 2.75) is 13.1 Å². The molecule has 0 aliphatic rings. The van der Waals surface area contributed by atoms with Crippen LogP contribution in [0.2, 0.25) is 0 Å². The number of aromatic nitrogens is 1. The molecule has 0 aliphatic carbocycles. The molecule has 2 rings (SSSR count). The number of carbonyl (C=O) groups is 2. The summed E-state index contributed by atoms with van der Waals surface area (Å²) in [6.07, 6.45) is -3.56. The van der Waals surface area contributed by atoms with Crippen molar-refractivity contribution in [3.63, 3.8) is 0 Å². The van der Waals surface area contributed by atoms with Crippen LogP contribution in [0.1, 0.15) is 18.2 Å². The fourth-order valence-electron chi connectivity index (χ4n) is 1.98.